The van der Waals surface area contributed by atoms with Gasteiger partial charge in [-0.2, -0.15) is 0 Å². The van der Waals surface area contributed by atoms with E-state index in [1.807, 2.05) is 0 Å². The lowest BCUT2D eigenvalue weighted by molar-refractivity contribution is 0.412. The second-order valence-corrected chi connectivity index (χ2v) is 14.1. The van der Waals surface area contributed by atoms with Gasteiger partial charge in [-0.25, -0.2) is 4.99 Å². The number of hydrogen-bond acceptors (Lipinski definition) is 4. The van der Waals surface area contributed by atoms with Crippen LogP contribution in [0.5, 0.6) is 0 Å². The van der Waals surface area contributed by atoms with Crippen molar-refractivity contribution in [3.8, 4) is 11.1 Å². The number of aliphatic imine (C=N–C) groups is 1. The maximum absolute atomic E-state index is 6.78. The van der Waals surface area contributed by atoms with Crippen LogP contribution in [0.2, 0.25) is 0 Å². The molecule has 0 radical (unpaired) electrons. The summed E-state index contributed by atoms with van der Waals surface area (Å²) in [7, 11) is 0. The van der Waals surface area contributed by atoms with E-state index in [1.165, 1.54) is 43.3 Å². The van der Waals surface area contributed by atoms with E-state index in [4.69, 9.17) is 9.41 Å². The molecule has 0 saturated heterocycles. The first-order chi connectivity index (χ1) is 26.2. The van der Waals surface area contributed by atoms with Crippen molar-refractivity contribution in [2.45, 2.75) is 12.3 Å². The molecule has 0 saturated carbocycles. The summed E-state index contributed by atoms with van der Waals surface area (Å²) >= 11 is 0. The summed E-state index contributed by atoms with van der Waals surface area (Å²) in [5, 5.41) is 19.5. The van der Waals surface area contributed by atoms with Gasteiger partial charge < -0.3 is 9.73 Å². The molecule has 0 bridgehead atoms. The van der Waals surface area contributed by atoms with Gasteiger partial charge in [0, 0.05) is 21.9 Å². The molecule has 0 spiro atoms. The Balaban J connectivity index is 1.17. The van der Waals surface area contributed by atoms with E-state index >= 15 is 0 Å². The highest BCUT2D eigenvalue weighted by Crippen LogP contribution is 2.41. The lowest BCUT2D eigenvalue weighted by Crippen LogP contribution is -2.45. The molecule has 9 aromatic carbocycles. The number of benzene rings is 9. The Bertz CT molecular complexity index is 3100. The van der Waals surface area contributed by atoms with E-state index in [-0.39, 0.29) is 6.17 Å². The van der Waals surface area contributed by atoms with E-state index in [1.54, 1.807) is 0 Å². The normalized spacial score (nSPS) is 16.1. The Morgan fingerprint density at radius 1 is 0.415 bits per heavy atom. The third kappa shape index (κ3) is 5.07. The molecule has 4 nitrogen and oxygen atoms in total. The van der Waals surface area contributed by atoms with Crippen LogP contribution in [-0.4, -0.2) is 5.84 Å². The van der Waals surface area contributed by atoms with Gasteiger partial charge in [-0.05, 0) is 96.2 Å². The molecule has 0 aliphatic carbocycles. The number of hydrogen-bond donors (Lipinski definition) is 2. The van der Waals surface area contributed by atoms with Crippen molar-refractivity contribution in [2.24, 2.45) is 4.99 Å². The molecule has 1 aliphatic heterocycles. The van der Waals surface area contributed by atoms with Crippen LogP contribution in [0, 0.1) is 0 Å². The van der Waals surface area contributed by atoms with Gasteiger partial charge in [0.25, 0.3) is 0 Å². The average molecular weight is 680 g/mol. The standard InChI is InChI=1S/C49H33N3O/c1-3-13-33-24-37(22-20-30(33)10-1)39-27-43(46-42-26-35-15-5-6-16-36(35)28-44(42)53-45(46)29-39)49-51-47(38-23-21-31-11-2-4-14-34(31)25-38)50-48(52-49)41-19-9-17-32-12-7-8-18-40(32)41/h1-29,48-49,52H,(H,50,51). The Morgan fingerprint density at radius 2 is 1.02 bits per heavy atom. The number of nitrogens with zero attached hydrogens (tertiary/aromatic N) is 1. The van der Waals surface area contributed by atoms with Gasteiger partial charge in [0.05, 0.1) is 0 Å². The maximum Gasteiger partial charge on any atom is 0.136 e. The maximum atomic E-state index is 6.78. The number of amidine groups is 1. The predicted molar refractivity (Wildman–Crippen MR) is 220 cm³/mol. The topological polar surface area (TPSA) is 49.6 Å². The molecule has 0 fully saturated rings. The Kier molecular flexibility index (Phi) is 6.73. The zero-order valence-corrected chi connectivity index (χ0v) is 28.8. The first-order valence-electron chi connectivity index (χ1n) is 18.2. The van der Waals surface area contributed by atoms with Gasteiger partial charge in [0.15, 0.2) is 0 Å². The number of nitrogens with one attached hydrogen (secondary N) is 2. The fourth-order valence-electron chi connectivity index (χ4n) is 8.24. The van der Waals surface area contributed by atoms with Crippen molar-refractivity contribution in [3.05, 3.63) is 193 Å². The van der Waals surface area contributed by atoms with Crippen LogP contribution in [0.1, 0.15) is 29.0 Å². The van der Waals surface area contributed by atoms with Crippen LogP contribution in [0.4, 0.5) is 0 Å². The first kappa shape index (κ1) is 29.9. The smallest absolute Gasteiger partial charge is 0.136 e. The van der Waals surface area contributed by atoms with Crippen molar-refractivity contribution < 1.29 is 4.42 Å². The summed E-state index contributed by atoms with van der Waals surface area (Å²) in [5.74, 6) is 0.847. The molecule has 2 heterocycles. The van der Waals surface area contributed by atoms with Gasteiger partial charge in [-0.3, -0.25) is 5.32 Å². The molecule has 1 aliphatic rings. The summed E-state index contributed by atoms with van der Waals surface area (Å²) in [4.78, 5) is 5.52. The third-order valence-corrected chi connectivity index (χ3v) is 10.9. The molecule has 1 aromatic heterocycles. The molecule has 2 unspecified atom stereocenters. The molecule has 2 N–H and O–H groups in total. The lowest BCUT2D eigenvalue weighted by atomic mass is 9.94. The highest BCUT2D eigenvalue weighted by Gasteiger charge is 2.29. The highest BCUT2D eigenvalue weighted by atomic mass is 16.3. The quantitative estimate of drug-likeness (QED) is 0.195. The zero-order valence-electron chi connectivity index (χ0n) is 28.8. The summed E-state index contributed by atoms with van der Waals surface area (Å²) in [5.41, 5.74) is 7.23. The highest BCUT2D eigenvalue weighted by molar-refractivity contribution is 6.13. The largest absolute Gasteiger partial charge is 0.456 e. The summed E-state index contributed by atoms with van der Waals surface area (Å²) in [6, 6.07) is 62.9. The SMILES string of the molecule is c1ccc2cc(C3=NC(c4cc(-c5ccc6ccccc6c5)cc5oc6cc7ccccc7cc6c45)NC(c4cccc5ccccc45)N3)ccc2c1. The van der Waals surface area contributed by atoms with Crippen LogP contribution >= 0.6 is 0 Å². The minimum atomic E-state index is -0.392. The molecule has 53 heavy (non-hydrogen) atoms. The second kappa shape index (κ2) is 11.9. The number of rotatable bonds is 4. The Hall–Kier alpha value is -6.75. The minimum absolute atomic E-state index is 0.219. The molecular weight excluding hydrogens is 647 g/mol. The van der Waals surface area contributed by atoms with Crippen LogP contribution in [0.25, 0.3) is 76.2 Å². The van der Waals surface area contributed by atoms with Crippen molar-refractivity contribution in [3.63, 3.8) is 0 Å². The molecule has 250 valence electrons. The molecule has 2 atom stereocenters. The fourth-order valence-corrected chi connectivity index (χ4v) is 8.24. The predicted octanol–water partition coefficient (Wildman–Crippen LogP) is 12.2. The zero-order chi connectivity index (χ0) is 34.9. The van der Waals surface area contributed by atoms with Crippen LogP contribution in [-0.2, 0) is 0 Å². The van der Waals surface area contributed by atoms with E-state index in [9.17, 15) is 0 Å². The van der Waals surface area contributed by atoms with E-state index in [2.05, 4.69) is 187 Å². The van der Waals surface area contributed by atoms with Crippen molar-refractivity contribution >= 4 is 70.9 Å². The van der Waals surface area contributed by atoms with E-state index in [0.717, 1.165) is 55.4 Å². The fraction of sp³-hybridized carbons (Fsp3) is 0.0408. The summed E-state index contributed by atoms with van der Waals surface area (Å²) < 4.78 is 6.78. The molecule has 0 amide bonds. The van der Waals surface area contributed by atoms with Gasteiger partial charge in [-0.1, -0.05) is 140 Å². The number of fused-ring (bicyclic) bond motifs is 7. The van der Waals surface area contributed by atoms with E-state index in [0.29, 0.717) is 0 Å². The van der Waals surface area contributed by atoms with E-state index < -0.39 is 6.17 Å². The van der Waals surface area contributed by atoms with Crippen LogP contribution in [0.3, 0.4) is 0 Å². The average Bonchev–Trinajstić information content (AvgIpc) is 3.58. The van der Waals surface area contributed by atoms with Crippen LogP contribution in [0.15, 0.2) is 185 Å². The van der Waals surface area contributed by atoms with Crippen molar-refractivity contribution in [2.75, 3.05) is 0 Å². The Labute approximate surface area is 306 Å². The minimum Gasteiger partial charge on any atom is -0.456 e. The first-order valence-corrected chi connectivity index (χ1v) is 18.2. The van der Waals surface area contributed by atoms with Gasteiger partial charge in [0.1, 0.15) is 29.3 Å². The van der Waals surface area contributed by atoms with Crippen molar-refractivity contribution in [1.82, 2.24) is 10.6 Å². The molecular formula is C49H33N3O. The molecule has 10 aromatic rings. The molecule has 11 rings (SSSR count). The third-order valence-electron chi connectivity index (χ3n) is 10.9. The number of furan rings is 1. The van der Waals surface area contributed by atoms with Crippen molar-refractivity contribution in [1.29, 1.82) is 0 Å². The van der Waals surface area contributed by atoms with Gasteiger partial charge in [-0.15, -0.1) is 0 Å². The van der Waals surface area contributed by atoms with Gasteiger partial charge in [0.2, 0.25) is 0 Å². The van der Waals surface area contributed by atoms with Gasteiger partial charge >= 0.3 is 0 Å². The summed E-state index contributed by atoms with van der Waals surface area (Å²) in [6.45, 7) is 0. The monoisotopic (exact) mass is 679 g/mol. The lowest BCUT2D eigenvalue weighted by Gasteiger charge is -2.33. The molecule has 4 heteroatoms. The van der Waals surface area contributed by atoms with Crippen LogP contribution < -0.4 is 10.6 Å². The summed E-state index contributed by atoms with van der Waals surface area (Å²) in [6.07, 6.45) is -0.611. The second-order valence-electron chi connectivity index (χ2n) is 14.1. The Morgan fingerprint density at radius 3 is 1.77 bits per heavy atom.